The third-order valence-electron chi connectivity index (χ3n) is 2.70. The molecule has 1 aliphatic carbocycles. The van der Waals surface area contributed by atoms with E-state index in [4.69, 9.17) is 5.73 Å². The molecular weight excluding hydrogens is 165 g/mol. The maximum atomic E-state index is 13.7. The Hall–Kier alpha value is -0.890. The van der Waals surface area contributed by atoms with Gasteiger partial charge in [-0.3, -0.25) is 0 Å². The minimum Gasteiger partial charge on any atom is -0.322 e. The van der Waals surface area contributed by atoms with Crippen molar-refractivity contribution in [2.45, 2.75) is 31.5 Å². The van der Waals surface area contributed by atoms with Gasteiger partial charge < -0.3 is 5.73 Å². The molecule has 2 heteroatoms. The highest BCUT2D eigenvalue weighted by Gasteiger charge is 2.47. The Kier molecular flexibility index (Phi) is 1.88. The van der Waals surface area contributed by atoms with Crippen molar-refractivity contribution in [3.05, 3.63) is 35.4 Å². The Morgan fingerprint density at radius 2 is 1.85 bits per heavy atom. The molecule has 1 fully saturated rings. The van der Waals surface area contributed by atoms with E-state index in [0.717, 1.165) is 18.4 Å². The van der Waals surface area contributed by atoms with Gasteiger partial charge in [0.2, 0.25) is 0 Å². The summed E-state index contributed by atoms with van der Waals surface area (Å²) >= 11 is 0. The van der Waals surface area contributed by atoms with E-state index < -0.39 is 11.7 Å². The molecule has 0 amide bonds. The van der Waals surface area contributed by atoms with Crippen molar-refractivity contribution < 1.29 is 4.39 Å². The van der Waals surface area contributed by atoms with Gasteiger partial charge in [-0.25, -0.2) is 4.39 Å². The van der Waals surface area contributed by atoms with Crippen LogP contribution < -0.4 is 5.73 Å². The van der Waals surface area contributed by atoms with Crippen LogP contribution in [-0.4, -0.2) is 5.54 Å². The zero-order valence-corrected chi connectivity index (χ0v) is 7.76. The number of hydrogen-bond donors (Lipinski definition) is 1. The van der Waals surface area contributed by atoms with Crippen LogP contribution in [0.15, 0.2) is 24.3 Å². The van der Waals surface area contributed by atoms with Crippen LogP contribution in [-0.2, 0) is 0 Å². The summed E-state index contributed by atoms with van der Waals surface area (Å²) in [5.41, 5.74) is 7.09. The summed E-state index contributed by atoms with van der Waals surface area (Å²) < 4.78 is 13.7. The lowest BCUT2D eigenvalue weighted by Crippen LogP contribution is -2.27. The molecule has 1 aliphatic rings. The fraction of sp³-hybridized carbons (Fsp3) is 0.455. The summed E-state index contributed by atoms with van der Waals surface area (Å²) in [5.74, 6) is 0. The molecule has 1 aromatic rings. The van der Waals surface area contributed by atoms with Crippen molar-refractivity contribution in [3.8, 4) is 0 Å². The number of rotatable bonds is 2. The number of aryl methyl sites for hydroxylation is 1. The number of hydrogen-bond acceptors (Lipinski definition) is 1. The van der Waals surface area contributed by atoms with E-state index >= 15 is 0 Å². The average Bonchev–Trinajstić information content (AvgIpc) is 2.85. The quantitative estimate of drug-likeness (QED) is 0.741. The fourth-order valence-electron chi connectivity index (χ4n) is 1.47. The average molecular weight is 179 g/mol. The third kappa shape index (κ3) is 1.59. The molecule has 2 rings (SSSR count). The van der Waals surface area contributed by atoms with E-state index in [1.165, 1.54) is 0 Å². The van der Waals surface area contributed by atoms with Gasteiger partial charge in [0.05, 0.1) is 5.54 Å². The van der Waals surface area contributed by atoms with E-state index in [2.05, 4.69) is 0 Å². The topological polar surface area (TPSA) is 26.0 Å². The molecule has 0 radical (unpaired) electrons. The largest absolute Gasteiger partial charge is 0.322 e. The minimum absolute atomic E-state index is 0.560. The first-order valence-electron chi connectivity index (χ1n) is 4.61. The summed E-state index contributed by atoms with van der Waals surface area (Å²) in [6.45, 7) is 1.99. The third-order valence-corrected chi connectivity index (χ3v) is 2.70. The molecule has 0 bridgehead atoms. The van der Waals surface area contributed by atoms with Crippen molar-refractivity contribution in [3.63, 3.8) is 0 Å². The van der Waals surface area contributed by atoms with Crippen LogP contribution >= 0.6 is 0 Å². The predicted molar refractivity (Wildman–Crippen MR) is 51.2 cm³/mol. The zero-order valence-electron chi connectivity index (χ0n) is 7.76. The molecule has 70 valence electrons. The van der Waals surface area contributed by atoms with Crippen molar-refractivity contribution in [2.24, 2.45) is 5.73 Å². The second-order valence-corrected chi connectivity index (χ2v) is 4.01. The molecule has 2 N–H and O–H groups in total. The number of benzene rings is 1. The van der Waals surface area contributed by atoms with Crippen molar-refractivity contribution >= 4 is 0 Å². The summed E-state index contributed by atoms with van der Waals surface area (Å²) in [5, 5.41) is 0. The van der Waals surface area contributed by atoms with Crippen LogP contribution in [0.25, 0.3) is 0 Å². The van der Waals surface area contributed by atoms with E-state index in [9.17, 15) is 4.39 Å². The number of alkyl halides is 1. The van der Waals surface area contributed by atoms with E-state index in [1.807, 2.05) is 31.2 Å². The molecule has 0 spiro atoms. The second-order valence-electron chi connectivity index (χ2n) is 4.01. The summed E-state index contributed by atoms with van der Waals surface area (Å²) in [6, 6.07) is 7.50. The summed E-state index contributed by atoms with van der Waals surface area (Å²) in [7, 11) is 0. The Labute approximate surface area is 77.8 Å². The van der Waals surface area contributed by atoms with E-state index in [-0.39, 0.29) is 0 Å². The number of nitrogens with two attached hydrogens (primary N) is 1. The lowest BCUT2D eigenvalue weighted by atomic mass is 10.0. The highest BCUT2D eigenvalue weighted by atomic mass is 19.1. The van der Waals surface area contributed by atoms with Gasteiger partial charge >= 0.3 is 0 Å². The van der Waals surface area contributed by atoms with Crippen molar-refractivity contribution in [2.75, 3.05) is 0 Å². The lowest BCUT2D eigenvalue weighted by molar-refractivity contribution is 0.274. The molecule has 0 aromatic heterocycles. The second kappa shape index (κ2) is 2.81. The molecule has 1 aromatic carbocycles. The van der Waals surface area contributed by atoms with E-state index in [1.54, 1.807) is 0 Å². The SMILES string of the molecule is Cc1ccc(C(F)C2(N)CC2)cc1. The van der Waals surface area contributed by atoms with Gasteiger partial charge in [0, 0.05) is 0 Å². The predicted octanol–water partition coefficient (Wildman–Crippen LogP) is 2.50. The zero-order chi connectivity index (χ0) is 9.47. The normalized spacial score (nSPS) is 21.2. The molecule has 1 saturated carbocycles. The van der Waals surface area contributed by atoms with E-state index in [0.29, 0.717) is 5.56 Å². The van der Waals surface area contributed by atoms with Gasteiger partial charge in [0.1, 0.15) is 6.17 Å². The Morgan fingerprint density at radius 1 is 1.31 bits per heavy atom. The number of halogens is 1. The van der Waals surface area contributed by atoms with Crippen LogP contribution in [0.4, 0.5) is 4.39 Å². The molecule has 1 atom stereocenters. The molecule has 1 nitrogen and oxygen atoms in total. The van der Waals surface area contributed by atoms with Gasteiger partial charge in [-0.15, -0.1) is 0 Å². The summed E-state index contributed by atoms with van der Waals surface area (Å²) in [4.78, 5) is 0. The standard InChI is InChI=1S/C11H14FN/c1-8-2-4-9(5-3-8)10(12)11(13)6-7-11/h2-5,10H,6-7,13H2,1H3. The van der Waals surface area contributed by atoms with Gasteiger partial charge in [0.15, 0.2) is 0 Å². The molecule has 13 heavy (non-hydrogen) atoms. The maximum absolute atomic E-state index is 13.7. The first-order chi connectivity index (χ1) is 6.12. The summed E-state index contributed by atoms with van der Waals surface area (Å²) in [6.07, 6.45) is 0.623. The fourth-order valence-corrected chi connectivity index (χ4v) is 1.47. The molecule has 0 heterocycles. The van der Waals surface area contributed by atoms with Crippen LogP contribution in [0.5, 0.6) is 0 Å². The Balaban J connectivity index is 2.20. The minimum atomic E-state index is -0.993. The van der Waals surface area contributed by atoms with Crippen molar-refractivity contribution in [1.82, 2.24) is 0 Å². The first kappa shape index (κ1) is 8.70. The smallest absolute Gasteiger partial charge is 0.143 e. The highest BCUT2D eigenvalue weighted by Crippen LogP contribution is 2.45. The van der Waals surface area contributed by atoms with Crippen LogP contribution in [0.1, 0.15) is 30.1 Å². The molecule has 0 saturated heterocycles. The van der Waals surface area contributed by atoms with Crippen LogP contribution in [0, 0.1) is 6.92 Å². The van der Waals surface area contributed by atoms with Crippen molar-refractivity contribution in [1.29, 1.82) is 0 Å². The Bertz CT molecular complexity index is 300. The Morgan fingerprint density at radius 3 is 2.31 bits per heavy atom. The maximum Gasteiger partial charge on any atom is 0.143 e. The molecular formula is C11H14FN. The monoisotopic (exact) mass is 179 g/mol. The molecule has 0 aliphatic heterocycles. The van der Waals surface area contributed by atoms with Gasteiger partial charge in [-0.2, -0.15) is 0 Å². The van der Waals surface area contributed by atoms with Gasteiger partial charge in [0.25, 0.3) is 0 Å². The first-order valence-corrected chi connectivity index (χ1v) is 4.61. The lowest BCUT2D eigenvalue weighted by Gasteiger charge is -2.15. The highest BCUT2D eigenvalue weighted by molar-refractivity contribution is 5.27. The van der Waals surface area contributed by atoms with Crippen LogP contribution in [0.3, 0.4) is 0 Å². The molecule has 1 unspecified atom stereocenters. The van der Waals surface area contributed by atoms with Crippen LogP contribution in [0.2, 0.25) is 0 Å². The van der Waals surface area contributed by atoms with Gasteiger partial charge in [-0.1, -0.05) is 29.8 Å². The van der Waals surface area contributed by atoms with Gasteiger partial charge in [-0.05, 0) is 25.3 Å².